The van der Waals surface area contributed by atoms with Crippen LogP contribution < -0.4 is 0 Å². The van der Waals surface area contributed by atoms with Crippen LogP contribution in [0.1, 0.15) is 0 Å². The third kappa shape index (κ3) is 1.47. The minimum Gasteiger partial charge on any atom is -0.243 e. The lowest BCUT2D eigenvalue weighted by Crippen LogP contribution is -1.89. The highest BCUT2D eigenvalue weighted by Crippen LogP contribution is 2.26. The Kier molecular flexibility index (Phi) is 2.14. The van der Waals surface area contributed by atoms with E-state index in [4.69, 9.17) is 0 Å². The normalized spacial score (nSPS) is 10.8. The fraction of sp³-hybridized carbons (Fsp3) is 0. The summed E-state index contributed by atoms with van der Waals surface area (Å²) in [5.41, 5.74) is 1.60. The van der Waals surface area contributed by atoms with E-state index in [9.17, 15) is 0 Å². The van der Waals surface area contributed by atoms with Gasteiger partial charge in [0.25, 0.3) is 0 Å². The van der Waals surface area contributed by atoms with E-state index in [1.165, 1.54) is 0 Å². The average molecular weight is 276 g/mol. The van der Waals surface area contributed by atoms with Crippen molar-refractivity contribution in [3.8, 4) is 11.5 Å². The van der Waals surface area contributed by atoms with Crippen molar-refractivity contribution in [1.82, 2.24) is 25.6 Å². The molecular weight excluding hydrogens is 270 g/mol. The predicted octanol–water partition coefficient (Wildman–Crippen LogP) is 2.18. The number of tetrazole rings is 1. The van der Waals surface area contributed by atoms with Crippen LogP contribution in [0.3, 0.4) is 0 Å². The molecule has 2 heterocycles. The summed E-state index contributed by atoms with van der Waals surface area (Å²) < 4.78 is 0.854. The molecule has 0 saturated heterocycles. The third-order valence-electron chi connectivity index (χ3n) is 2.23. The van der Waals surface area contributed by atoms with Crippen molar-refractivity contribution in [2.24, 2.45) is 0 Å². The Morgan fingerprint density at radius 2 is 2.06 bits per heavy atom. The number of hydrogen-bond acceptors (Lipinski definition) is 4. The van der Waals surface area contributed by atoms with Gasteiger partial charge in [0.15, 0.2) is 0 Å². The number of para-hydroxylation sites is 1. The molecule has 0 spiro atoms. The maximum Gasteiger partial charge on any atom is 0.224 e. The first kappa shape index (κ1) is 9.41. The molecule has 0 aliphatic rings. The Bertz CT molecular complexity index is 635. The number of benzene rings is 1. The van der Waals surface area contributed by atoms with Crippen molar-refractivity contribution >= 4 is 26.8 Å². The number of pyridine rings is 1. The second-order valence-electron chi connectivity index (χ2n) is 3.25. The zero-order valence-electron chi connectivity index (χ0n) is 8.05. The highest BCUT2D eigenvalue weighted by atomic mass is 79.9. The molecule has 0 unspecified atom stereocenters. The minimum absolute atomic E-state index is 0.484. The van der Waals surface area contributed by atoms with Crippen molar-refractivity contribution in [1.29, 1.82) is 0 Å². The number of nitrogens with one attached hydrogen (secondary N) is 1. The molecule has 0 atom stereocenters. The number of hydrogen-bond donors (Lipinski definition) is 1. The molecule has 0 fully saturated rings. The Morgan fingerprint density at radius 3 is 2.88 bits per heavy atom. The van der Waals surface area contributed by atoms with Gasteiger partial charge in [0.05, 0.1) is 5.52 Å². The lowest BCUT2D eigenvalue weighted by molar-refractivity contribution is 0.881. The lowest BCUT2D eigenvalue weighted by atomic mass is 10.2. The van der Waals surface area contributed by atoms with Crippen LogP contribution in [0.4, 0.5) is 0 Å². The number of aromatic amines is 1. The molecule has 0 aliphatic carbocycles. The number of halogens is 1. The summed E-state index contributed by atoms with van der Waals surface area (Å²) in [6, 6.07) is 9.88. The molecule has 1 aromatic carbocycles. The van der Waals surface area contributed by atoms with Crippen molar-refractivity contribution < 1.29 is 0 Å². The smallest absolute Gasteiger partial charge is 0.224 e. The van der Waals surface area contributed by atoms with Gasteiger partial charge < -0.3 is 0 Å². The summed E-state index contributed by atoms with van der Waals surface area (Å²) in [5.74, 6) is 0.484. The molecule has 2 aromatic heterocycles. The molecule has 3 aromatic rings. The van der Waals surface area contributed by atoms with Gasteiger partial charge in [0.1, 0.15) is 5.69 Å². The van der Waals surface area contributed by atoms with E-state index in [1.807, 2.05) is 30.3 Å². The molecule has 0 saturated carbocycles. The van der Waals surface area contributed by atoms with Crippen LogP contribution >= 0.6 is 15.9 Å². The molecule has 0 radical (unpaired) electrons. The summed E-state index contributed by atoms with van der Waals surface area (Å²) in [6.07, 6.45) is 0. The first-order valence-electron chi connectivity index (χ1n) is 4.64. The van der Waals surface area contributed by atoms with Crippen LogP contribution in [0.5, 0.6) is 0 Å². The number of aromatic nitrogens is 5. The van der Waals surface area contributed by atoms with Gasteiger partial charge in [-0.25, -0.2) is 4.98 Å². The van der Waals surface area contributed by atoms with Crippen LogP contribution in [0.2, 0.25) is 0 Å². The van der Waals surface area contributed by atoms with Gasteiger partial charge in [0, 0.05) is 9.86 Å². The number of rotatable bonds is 1. The maximum atomic E-state index is 4.49. The molecule has 0 bridgehead atoms. The minimum atomic E-state index is 0.484. The topological polar surface area (TPSA) is 67.3 Å². The van der Waals surface area contributed by atoms with Gasteiger partial charge in [-0.15, -0.1) is 10.2 Å². The molecule has 16 heavy (non-hydrogen) atoms. The van der Waals surface area contributed by atoms with Crippen LogP contribution in [-0.4, -0.2) is 25.6 Å². The summed E-state index contributed by atoms with van der Waals surface area (Å²) >= 11 is 3.45. The first-order chi connectivity index (χ1) is 7.84. The van der Waals surface area contributed by atoms with Gasteiger partial charge >= 0.3 is 0 Å². The molecular formula is C10H6BrN5. The predicted molar refractivity (Wildman–Crippen MR) is 62.6 cm³/mol. The van der Waals surface area contributed by atoms with Crippen molar-refractivity contribution in [3.05, 3.63) is 34.8 Å². The summed E-state index contributed by atoms with van der Waals surface area (Å²) in [7, 11) is 0. The highest BCUT2D eigenvalue weighted by Gasteiger charge is 2.10. The maximum absolute atomic E-state index is 4.49. The highest BCUT2D eigenvalue weighted by molar-refractivity contribution is 9.10. The van der Waals surface area contributed by atoms with Gasteiger partial charge in [0.2, 0.25) is 5.82 Å². The van der Waals surface area contributed by atoms with E-state index in [0.29, 0.717) is 11.5 Å². The summed E-state index contributed by atoms with van der Waals surface area (Å²) in [5, 5.41) is 14.8. The van der Waals surface area contributed by atoms with E-state index < -0.39 is 0 Å². The number of nitrogens with zero attached hydrogens (tertiary/aromatic N) is 4. The SMILES string of the molecule is Brc1cc2ccccc2nc1-c1nn[nH]n1. The van der Waals surface area contributed by atoms with Crippen molar-refractivity contribution in [3.63, 3.8) is 0 Å². The Balaban J connectivity index is 2.30. The van der Waals surface area contributed by atoms with E-state index >= 15 is 0 Å². The van der Waals surface area contributed by atoms with Gasteiger partial charge in [-0.1, -0.05) is 18.2 Å². The Hall–Kier alpha value is -1.82. The Morgan fingerprint density at radius 1 is 1.19 bits per heavy atom. The second kappa shape index (κ2) is 3.64. The molecule has 0 amide bonds. The monoisotopic (exact) mass is 275 g/mol. The third-order valence-corrected chi connectivity index (χ3v) is 2.84. The van der Waals surface area contributed by atoms with Crippen LogP contribution in [0, 0.1) is 0 Å². The fourth-order valence-electron chi connectivity index (χ4n) is 1.51. The lowest BCUT2D eigenvalue weighted by Gasteiger charge is -2.01. The zero-order valence-corrected chi connectivity index (χ0v) is 9.64. The Labute approximate surface area is 99.0 Å². The molecule has 6 heteroatoms. The van der Waals surface area contributed by atoms with Gasteiger partial charge in [-0.3, -0.25) is 0 Å². The summed E-state index contributed by atoms with van der Waals surface area (Å²) in [6.45, 7) is 0. The van der Waals surface area contributed by atoms with Gasteiger partial charge in [-0.2, -0.15) is 5.21 Å². The molecule has 1 N–H and O–H groups in total. The van der Waals surface area contributed by atoms with Gasteiger partial charge in [-0.05, 0) is 33.3 Å². The quantitative estimate of drug-likeness (QED) is 0.739. The van der Waals surface area contributed by atoms with Crippen LogP contribution in [0.15, 0.2) is 34.8 Å². The average Bonchev–Trinajstić information content (AvgIpc) is 2.81. The van der Waals surface area contributed by atoms with Crippen LogP contribution in [0.25, 0.3) is 22.4 Å². The number of fused-ring (bicyclic) bond motifs is 1. The van der Waals surface area contributed by atoms with E-state index in [1.54, 1.807) is 0 Å². The molecule has 78 valence electrons. The molecule has 5 nitrogen and oxygen atoms in total. The number of H-pyrrole nitrogens is 1. The van der Waals surface area contributed by atoms with Crippen LogP contribution in [-0.2, 0) is 0 Å². The standard InChI is InChI=1S/C10H6BrN5/c11-7-5-6-3-1-2-4-8(6)12-9(7)10-13-15-16-14-10/h1-5H,(H,13,14,15,16). The first-order valence-corrected chi connectivity index (χ1v) is 5.43. The van der Waals surface area contributed by atoms with E-state index in [-0.39, 0.29) is 0 Å². The van der Waals surface area contributed by atoms with E-state index in [2.05, 4.69) is 41.5 Å². The molecule has 3 rings (SSSR count). The summed E-state index contributed by atoms with van der Waals surface area (Å²) in [4.78, 5) is 4.49. The fourth-order valence-corrected chi connectivity index (χ4v) is 2.02. The molecule has 0 aliphatic heterocycles. The zero-order chi connectivity index (χ0) is 11.0. The largest absolute Gasteiger partial charge is 0.243 e. The second-order valence-corrected chi connectivity index (χ2v) is 4.10. The van der Waals surface area contributed by atoms with Crippen molar-refractivity contribution in [2.45, 2.75) is 0 Å². The van der Waals surface area contributed by atoms with Crippen molar-refractivity contribution in [2.75, 3.05) is 0 Å². The van der Waals surface area contributed by atoms with E-state index in [0.717, 1.165) is 15.4 Å².